The van der Waals surface area contributed by atoms with Gasteiger partial charge in [-0.3, -0.25) is 4.79 Å². The highest BCUT2D eigenvalue weighted by molar-refractivity contribution is 5.98. The summed E-state index contributed by atoms with van der Waals surface area (Å²) in [5.41, 5.74) is 1.31. The fourth-order valence-corrected chi connectivity index (χ4v) is 3.73. The summed E-state index contributed by atoms with van der Waals surface area (Å²) in [7, 11) is 0. The molecule has 0 saturated carbocycles. The molecule has 1 fully saturated rings. The Labute approximate surface area is 172 Å². The summed E-state index contributed by atoms with van der Waals surface area (Å²) in [6.45, 7) is 2.36. The minimum atomic E-state index is -0.381. The van der Waals surface area contributed by atoms with Crippen molar-refractivity contribution in [1.29, 1.82) is 0 Å². The minimum Gasteiger partial charge on any atom is -0.486 e. The quantitative estimate of drug-likeness (QED) is 0.803. The van der Waals surface area contributed by atoms with Gasteiger partial charge in [-0.2, -0.15) is 0 Å². The van der Waals surface area contributed by atoms with Gasteiger partial charge in [0.05, 0.1) is 6.04 Å². The maximum Gasteiger partial charge on any atom is 0.319 e. The summed E-state index contributed by atoms with van der Waals surface area (Å²) < 4.78 is 22.1. The van der Waals surface area contributed by atoms with Gasteiger partial charge in [0.1, 0.15) is 26.4 Å². The molecular formula is C21H21N3O6. The Bertz CT molecular complexity index is 995. The van der Waals surface area contributed by atoms with Crippen molar-refractivity contribution in [3.63, 3.8) is 0 Å². The third-order valence-corrected chi connectivity index (χ3v) is 5.10. The number of nitrogens with zero attached hydrogens (tertiary/aromatic N) is 1. The van der Waals surface area contributed by atoms with Gasteiger partial charge in [0.15, 0.2) is 23.0 Å². The molecule has 156 valence electrons. The number of hydrogen-bond donors (Lipinski definition) is 2. The van der Waals surface area contributed by atoms with Crippen molar-refractivity contribution >= 4 is 23.3 Å². The van der Waals surface area contributed by atoms with E-state index in [1.165, 1.54) is 0 Å². The monoisotopic (exact) mass is 411 g/mol. The lowest BCUT2D eigenvalue weighted by molar-refractivity contribution is -0.117. The van der Waals surface area contributed by atoms with Crippen LogP contribution >= 0.6 is 0 Å². The summed E-state index contributed by atoms with van der Waals surface area (Å²) >= 11 is 0. The Morgan fingerprint density at radius 3 is 2.23 bits per heavy atom. The van der Waals surface area contributed by atoms with Crippen LogP contribution in [0.1, 0.15) is 6.42 Å². The van der Waals surface area contributed by atoms with Crippen molar-refractivity contribution in [2.45, 2.75) is 12.5 Å². The van der Waals surface area contributed by atoms with E-state index < -0.39 is 0 Å². The predicted molar refractivity (Wildman–Crippen MR) is 108 cm³/mol. The first-order valence-electron chi connectivity index (χ1n) is 9.83. The first kappa shape index (κ1) is 18.4. The van der Waals surface area contributed by atoms with E-state index in [2.05, 4.69) is 10.6 Å². The molecule has 0 spiro atoms. The van der Waals surface area contributed by atoms with E-state index in [-0.39, 0.29) is 24.4 Å². The number of carbonyl (C=O) groups is 2. The van der Waals surface area contributed by atoms with Gasteiger partial charge < -0.3 is 34.5 Å². The maximum absolute atomic E-state index is 12.5. The lowest BCUT2D eigenvalue weighted by Gasteiger charge is -2.22. The van der Waals surface area contributed by atoms with Crippen LogP contribution in [0.3, 0.4) is 0 Å². The number of benzene rings is 2. The third kappa shape index (κ3) is 3.66. The van der Waals surface area contributed by atoms with Gasteiger partial charge in [0.25, 0.3) is 0 Å². The Kier molecular flexibility index (Phi) is 4.70. The lowest BCUT2D eigenvalue weighted by Crippen LogP contribution is -2.39. The molecule has 3 aliphatic heterocycles. The molecule has 3 aliphatic rings. The van der Waals surface area contributed by atoms with Crippen molar-refractivity contribution in [1.82, 2.24) is 5.32 Å². The van der Waals surface area contributed by atoms with Crippen LogP contribution in [0.4, 0.5) is 16.2 Å². The van der Waals surface area contributed by atoms with E-state index in [1.54, 1.807) is 35.2 Å². The second kappa shape index (κ2) is 7.66. The lowest BCUT2D eigenvalue weighted by atomic mass is 10.2. The molecule has 0 bridgehead atoms. The molecule has 0 aliphatic carbocycles. The minimum absolute atomic E-state index is 0.0590. The summed E-state index contributed by atoms with van der Waals surface area (Å²) in [6, 6.07) is 9.95. The second-order valence-corrected chi connectivity index (χ2v) is 7.19. The first-order valence-corrected chi connectivity index (χ1v) is 9.83. The van der Waals surface area contributed by atoms with E-state index in [1.807, 2.05) is 6.07 Å². The fraction of sp³-hybridized carbons (Fsp3) is 0.333. The number of hydrogen-bond acceptors (Lipinski definition) is 6. The zero-order valence-electron chi connectivity index (χ0n) is 16.2. The van der Waals surface area contributed by atoms with Gasteiger partial charge in [-0.1, -0.05) is 0 Å². The number of amides is 3. The number of anilines is 2. The summed E-state index contributed by atoms with van der Waals surface area (Å²) in [5, 5.41) is 5.64. The van der Waals surface area contributed by atoms with E-state index >= 15 is 0 Å². The molecular weight excluding hydrogens is 390 g/mol. The van der Waals surface area contributed by atoms with E-state index in [0.29, 0.717) is 61.7 Å². The SMILES string of the molecule is O=C(Nc1ccc2c(c1)OCCO2)NC1CC(=O)N(c2ccc3c(c2)OCCO3)C1. The third-order valence-electron chi connectivity index (χ3n) is 5.10. The molecule has 0 aromatic heterocycles. The number of ether oxygens (including phenoxy) is 4. The van der Waals surface area contributed by atoms with Gasteiger partial charge >= 0.3 is 6.03 Å². The van der Waals surface area contributed by atoms with Crippen molar-refractivity contribution in [3.05, 3.63) is 36.4 Å². The van der Waals surface area contributed by atoms with Crippen LogP contribution in [0.5, 0.6) is 23.0 Å². The standard InChI is InChI=1S/C21H21N3O6/c25-20-10-14(12-24(20)15-2-4-17-19(11-15)30-8-6-28-17)23-21(26)22-13-1-3-16-18(9-13)29-7-5-27-16/h1-4,9,11,14H,5-8,10,12H2,(H2,22,23,26). The van der Waals surface area contributed by atoms with Gasteiger partial charge in [0, 0.05) is 36.5 Å². The first-order chi connectivity index (χ1) is 14.7. The molecule has 1 saturated heterocycles. The Morgan fingerprint density at radius 2 is 1.50 bits per heavy atom. The average Bonchev–Trinajstić information content (AvgIpc) is 3.13. The van der Waals surface area contributed by atoms with E-state index in [4.69, 9.17) is 18.9 Å². The zero-order chi connectivity index (χ0) is 20.5. The molecule has 5 rings (SSSR count). The van der Waals surface area contributed by atoms with E-state index in [9.17, 15) is 9.59 Å². The summed E-state index contributed by atoms with van der Waals surface area (Å²) in [5.74, 6) is 2.49. The highest BCUT2D eigenvalue weighted by atomic mass is 16.6. The summed E-state index contributed by atoms with van der Waals surface area (Å²) in [6.07, 6.45) is 0.225. The summed E-state index contributed by atoms with van der Waals surface area (Å²) in [4.78, 5) is 26.6. The number of fused-ring (bicyclic) bond motifs is 2. The van der Waals surface area contributed by atoms with E-state index in [0.717, 1.165) is 5.69 Å². The zero-order valence-corrected chi connectivity index (χ0v) is 16.2. The molecule has 1 atom stereocenters. The molecule has 9 nitrogen and oxygen atoms in total. The molecule has 2 aromatic carbocycles. The van der Waals surface area contributed by atoms with Crippen molar-refractivity contribution in [2.75, 3.05) is 43.2 Å². The smallest absolute Gasteiger partial charge is 0.319 e. The van der Waals surface area contributed by atoms with Crippen LogP contribution < -0.4 is 34.5 Å². The Hall–Kier alpha value is -3.62. The van der Waals surface area contributed by atoms with Gasteiger partial charge in [-0.15, -0.1) is 0 Å². The largest absolute Gasteiger partial charge is 0.486 e. The highest BCUT2D eigenvalue weighted by Gasteiger charge is 2.32. The molecule has 9 heteroatoms. The molecule has 3 amide bonds. The number of rotatable bonds is 3. The molecule has 2 aromatic rings. The molecule has 2 N–H and O–H groups in total. The molecule has 0 radical (unpaired) electrons. The second-order valence-electron chi connectivity index (χ2n) is 7.19. The molecule has 1 unspecified atom stereocenters. The van der Waals surface area contributed by atoms with Crippen molar-refractivity contribution in [3.8, 4) is 23.0 Å². The van der Waals surface area contributed by atoms with Crippen LogP contribution in [-0.4, -0.2) is 51.0 Å². The normalized spacial score (nSPS) is 19.4. The van der Waals surface area contributed by atoms with Crippen LogP contribution in [-0.2, 0) is 4.79 Å². The van der Waals surface area contributed by atoms with Crippen LogP contribution in [0, 0.1) is 0 Å². The number of urea groups is 1. The molecule has 30 heavy (non-hydrogen) atoms. The Balaban J connectivity index is 1.21. The van der Waals surface area contributed by atoms with Crippen LogP contribution in [0.25, 0.3) is 0 Å². The van der Waals surface area contributed by atoms with Gasteiger partial charge in [0.2, 0.25) is 5.91 Å². The average molecular weight is 411 g/mol. The van der Waals surface area contributed by atoms with Crippen LogP contribution in [0.15, 0.2) is 36.4 Å². The fourth-order valence-electron chi connectivity index (χ4n) is 3.73. The maximum atomic E-state index is 12.5. The topological polar surface area (TPSA) is 98.4 Å². The predicted octanol–water partition coefficient (Wildman–Crippen LogP) is 2.16. The van der Waals surface area contributed by atoms with Gasteiger partial charge in [-0.25, -0.2) is 4.79 Å². The highest BCUT2D eigenvalue weighted by Crippen LogP contribution is 2.35. The van der Waals surface area contributed by atoms with Crippen molar-refractivity contribution < 1.29 is 28.5 Å². The molecule has 3 heterocycles. The number of carbonyl (C=O) groups excluding carboxylic acids is 2. The van der Waals surface area contributed by atoms with Gasteiger partial charge in [-0.05, 0) is 24.3 Å². The Morgan fingerprint density at radius 1 is 0.867 bits per heavy atom. The number of nitrogens with one attached hydrogen (secondary N) is 2. The van der Waals surface area contributed by atoms with Crippen molar-refractivity contribution in [2.24, 2.45) is 0 Å². The van der Waals surface area contributed by atoms with Crippen LogP contribution in [0.2, 0.25) is 0 Å².